The molecule has 7 nitrogen and oxygen atoms in total. The van der Waals surface area contributed by atoms with Crippen LogP contribution in [0.25, 0.3) is 11.1 Å². The lowest BCUT2D eigenvalue weighted by atomic mass is 9.87. The average Bonchev–Trinajstić information content (AvgIpc) is 3.23. The largest absolute Gasteiger partial charge is 0.508 e. The van der Waals surface area contributed by atoms with Gasteiger partial charge in [0.2, 0.25) is 0 Å². The fourth-order valence-corrected chi connectivity index (χ4v) is 4.85. The van der Waals surface area contributed by atoms with Crippen molar-refractivity contribution in [3.63, 3.8) is 0 Å². The summed E-state index contributed by atoms with van der Waals surface area (Å²) < 4.78 is 8.03. The third-order valence-corrected chi connectivity index (χ3v) is 7.24. The molecule has 4 aromatic rings. The van der Waals surface area contributed by atoms with Crippen LogP contribution in [-0.2, 0) is 47.3 Å². The molecular weight excluding hydrogens is 502 g/mol. The Morgan fingerprint density at radius 2 is 1.68 bits per heavy atom. The Morgan fingerprint density at radius 3 is 2.33 bits per heavy atom. The van der Waals surface area contributed by atoms with Crippen LogP contribution in [0.2, 0.25) is 0 Å². The Balaban J connectivity index is 1.42. The Kier molecular flexibility index (Phi) is 8.93. The molecule has 0 unspecified atom stereocenters. The number of aromatic hydroxyl groups is 1. The molecule has 40 heavy (non-hydrogen) atoms. The number of methoxy groups -OCH3 is 1. The predicted octanol–water partition coefficient (Wildman–Crippen LogP) is 5.67. The quantitative estimate of drug-likeness (QED) is 0.261. The normalized spacial score (nSPS) is 11.5. The summed E-state index contributed by atoms with van der Waals surface area (Å²) in [5.41, 5.74) is 5.91. The van der Waals surface area contributed by atoms with Crippen LogP contribution in [0, 0.1) is 0 Å². The van der Waals surface area contributed by atoms with Crippen LogP contribution in [0.15, 0.2) is 71.5 Å². The molecule has 1 aromatic heterocycles. The molecule has 0 bridgehead atoms. The molecule has 0 aliphatic heterocycles. The number of benzene rings is 3. The van der Waals surface area contributed by atoms with Gasteiger partial charge in [-0.25, -0.2) is 9.48 Å². The monoisotopic (exact) mass is 541 g/mol. The summed E-state index contributed by atoms with van der Waals surface area (Å²) in [6.07, 6.45) is 2.42. The van der Waals surface area contributed by atoms with Crippen LogP contribution in [0.5, 0.6) is 5.75 Å². The maximum absolute atomic E-state index is 13.0. The molecule has 3 aromatic carbocycles. The van der Waals surface area contributed by atoms with Crippen LogP contribution in [-0.4, -0.2) is 32.5 Å². The first-order valence-corrected chi connectivity index (χ1v) is 13.8. The Bertz CT molecular complexity index is 1520. The Labute approximate surface area is 236 Å². The van der Waals surface area contributed by atoms with E-state index < -0.39 is 5.97 Å². The van der Waals surface area contributed by atoms with Gasteiger partial charge in [0.15, 0.2) is 0 Å². The van der Waals surface area contributed by atoms with Crippen molar-refractivity contribution in [2.75, 3.05) is 7.11 Å². The predicted molar refractivity (Wildman–Crippen MR) is 158 cm³/mol. The first-order chi connectivity index (χ1) is 19.1. The maximum Gasteiger partial charge on any atom is 0.346 e. The second-order valence-electron chi connectivity index (χ2n) is 11.2. The van der Waals surface area contributed by atoms with E-state index in [2.05, 4.69) is 57.2 Å². The molecule has 0 saturated carbocycles. The fourth-order valence-electron chi connectivity index (χ4n) is 4.85. The van der Waals surface area contributed by atoms with Gasteiger partial charge in [-0.15, -0.1) is 0 Å². The van der Waals surface area contributed by atoms with E-state index in [1.165, 1.54) is 18.2 Å². The highest BCUT2D eigenvalue weighted by atomic mass is 16.5. The van der Waals surface area contributed by atoms with E-state index in [4.69, 9.17) is 9.84 Å². The molecule has 7 heteroatoms. The number of rotatable bonds is 10. The molecule has 0 radical (unpaired) electrons. The number of carbonyl (C=O) groups is 1. The fraction of sp³-hybridized carbons (Fsp3) is 0.364. The maximum atomic E-state index is 13.0. The third-order valence-electron chi connectivity index (χ3n) is 7.24. The zero-order valence-corrected chi connectivity index (χ0v) is 24.1. The van der Waals surface area contributed by atoms with Crippen molar-refractivity contribution in [2.24, 2.45) is 0 Å². The van der Waals surface area contributed by atoms with Gasteiger partial charge in [-0.2, -0.15) is 5.10 Å². The number of phenolic OH excluding ortho intramolecular Hbond substituents is 1. The van der Waals surface area contributed by atoms with Crippen molar-refractivity contribution in [3.05, 3.63) is 105 Å². The smallest absolute Gasteiger partial charge is 0.346 e. The lowest BCUT2D eigenvalue weighted by Gasteiger charge is -2.19. The average molecular weight is 542 g/mol. The van der Waals surface area contributed by atoms with E-state index in [-0.39, 0.29) is 23.3 Å². The van der Waals surface area contributed by atoms with Crippen LogP contribution in [0.1, 0.15) is 62.2 Å². The molecule has 0 aliphatic rings. The number of aryl methyl sites for hydroxylation is 2. The van der Waals surface area contributed by atoms with Crippen molar-refractivity contribution >= 4 is 5.97 Å². The first-order valence-electron chi connectivity index (χ1n) is 13.8. The first kappa shape index (κ1) is 28.9. The summed E-state index contributed by atoms with van der Waals surface area (Å²) in [6, 6.07) is 22.0. The molecule has 4 rings (SSSR count). The lowest BCUT2D eigenvalue weighted by molar-refractivity contribution is -0.139. The molecule has 0 saturated heterocycles. The molecule has 0 aliphatic carbocycles. The number of nitrogens with zero attached hydrogens (tertiary/aromatic N) is 3. The van der Waals surface area contributed by atoms with Gasteiger partial charge < -0.3 is 9.84 Å². The summed E-state index contributed by atoms with van der Waals surface area (Å²) in [5, 5.41) is 15.1. The summed E-state index contributed by atoms with van der Waals surface area (Å²) >= 11 is 0. The Morgan fingerprint density at radius 1 is 0.950 bits per heavy atom. The lowest BCUT2D eigenvalue weighted by Crippen LogP contribution is -2.25. The topological polar surface area (TPSA) is 86.3 Å². The molecule has 1 N–H and O–H groups in total. The number of ether oxygens (including phenoxy) is 1. The molecule has 210 valence electrons. The summed E-state index contributed by atoms with van der Waals surface area (Å²) in [7, 11) is 1.33. The van der Waals surface area contributed by atoms with E-state index in [1.54, 1.807) is 21.4 Å². The summed E-state index contributed by atoms with van der Waals surface area (Å²) in [5.74, 6) is 0.491. The number of aromatic nitrogens is 3. The van der Waals surface area contributed by atoms with Gasteiger partial charge in [-0.05, 0) is 59.1 Å². The second-order valence-corrected chi connectivity index (χ2v) is 11.2. The highest BCUT2D eigenvalue weighted by molar-refractivity contribution is 5.75. The molecule has 0 fully saturated rings. The highest BCUT2D eigenvalue weighted by Gasteiger charge is 2.15. The van der Waals surface area contributed by atoms with E-state index in [0.29, 0.717) is 25.1 Å². The van der Waals surface area contributed by atoms with Crippen LogP contribution < -0.4 is 5.69 Å². The van der Waals surface area contributed by atoms with Crippen molar-refractivity contribution in [1.29, 1.82) is 0 Å². The van der Waals surface area contributed by atoms with E-state index in [1.807, 2.05) is 25.1 Å². The third kappa shape index (κ3) is 6.89. The van der Waals surface area contributed by atoms with Gasteiger partial charge in [0.1, 0.15) is 11.6 Å². The van der Waals surface area contributed by atoms with Crippen molar-refractivity contribution in [3.8, 4) is 16.9 Å². The van der Waals surface area contributed by atoms with Crippen molar-refractivity contribution in [1.82, 2.24) is 14.3 Å². The van der Waals surface area contributed by atoms with Crippen LogP contribution >= 0.6 is 0 Å². The number of phenols is 1. The zero-order valence-electron chi connectivity index (χ0n) is 24.1. The van der Waals surface area contributed by atoms with Crippen molar-refractivity contribution in [2.45, 2.75) is 71.9 Å². The molecule has 0 amide bonds. The van der Waals surface area contributed by atoms with Gasteiger partial charge >= 0.3 is 11.7 Å². The van der Waals surface area contributed by atoms with Gasteiger partial charge in [-0.3, -0.25) is 9.36 Å². The second kappa shape index (κ2) is 12.4. The summed E-state index contributed by atoms with van der Waals surface area (Å²) in [6.45, 7) is 9.58. The van der Waals surface area contributed by atoms with E-state index in [9.17, 15) is 14.7 Å². The molecule has 1 heterocycles. The standard InChI is InChI=1S/C33H39N3O4/c1-6-35-30(34-36(32(35)39)22-24-13-17-28(18-14-24)33(2,3)4)12-8-10-23-9-7-11-25(19-23)26-15-16-27(29(37)20-26)21-31(38)40-5/h7,9,11,13-20,37H,6,8,10,12,21-22H2,1-5H3. The number of hydrogen-bond acceptors (Lipinski definition) is 5. The number of carbonyl (C=O) groups excluding carboxylic acids is 1. The minimum Gasteiger partial charge on any atom is -0.508 e. The van der Waals surface area contributed by atoms with Crippen molar-refractivity contribution < 1.29 is 14.6 Å². The zero-order chi connectivity index (χ0) is 28.9. The molecule has 0 spiro atoms. The van der Waals surface area contributed by atoms with E-state index in [0.717, 1.165) is 35.4 Å². The van der Waals surface area contributed by atoms with Crippen LogP contribution in [0.3, 0.4) is 0 Å². The van der Waals surface area contributed by atoms with Gasteiger partial charge in [0, 0.05) is 18.5 Å². The SMILES string of the molecule is CCn1c(CCCc2cccc(-c3ccc(CC(=O)OC)c(O)c3)c2)nn(Cc2ccc(C(C)(C)C)cc2)c1=O. The number of esters is 1. The Hall–Kier alpha value is -4.13. The summed E-state index contributed by atoms with van der Waals surface area (Å²) in [4.78, 5) is 24.6. The molecule has 0 atom stereocenters. The van der Waals surface area contributed by atoms with Gasteiger partial charge in [0.25, 0.3) is 0 Å². The van der Waals surface area contributed by atoms with Crippen LogP contribution in [0.4, 0.5) is 0 Å². The minimum absolute atomic E-state index is 0.0325. The molecular formula is C33H39N3O4. The highest BCUT2D eigenvalue weighted by Crippen LogP contribution is 2.28. The minimum atomic E-state index is -0.391. The number of hydrogen-bond donors (Lipinski definition) is 1. The van der Waals surface area contributed by atoms with E-state index >= 15 is 0 Å². The van der Waals surface area contributed by atoms with Gasteiger partial charge in [-0.1, -0.05) is 81.4 Å². The van der Waals surface area contributed by atoms with Gasteiger partial charge in [0.05, 0.1) is 20.1 Å².